The molecular weight excluding hydrogens is 248 g/mol. The summed E-state index contributed by atoms with van der Waals surface area (Å²) in [5, 5.41) is 15.8. The second kappa shape index (κ2) is 5.40. The number of amides is 1. The molecule has 1 aromatic heterocycles. The number of nitrogens with zero attached hydrogens (tertiary/aromatic N) is 3. The summed E-state index contributed by atoms with van der Waals surface area (Å²) in [6, 6.07) is -0.662. The molecule has 19 heavy (non-hydrogen) atoms. The van der Waals surface area contributed by atoms with Gasteiger partial charge in [0.05, 0.1) is 12.6 Å². The molecule has 1 aliphatic rings. The molecular formula is C12H18N4O3. The van der Waals surface area contributed by atoms with Gasteiger partial charge in [-0.15, -0.1) is 0 Å². The molecule has 1 amide bonds. The summed E-state index contributed by atoms with van der Waals surface area (Å²) >= 11 is 0. The Balaban J connectivity index is 2.19. The molecule has 0 aliphatic carbocycles. The Morgan fingerprint density at radius 3 is 3.00 bits per heavy atom. The first-order valence-corrected chi connectivity index (χ1v) is 6.23. The number of piperazine rings is 1. The van der Waals surface area contributed by atoms with Crippen LogP contribution in [0.15, 0.2) is 12.4 Å². The summed E-state index contributed by atoms with van der Waals surface area (Å²) in [7, 11) is 1.83. The lowest BCUT2D eigenvalue weighted by Gasteiger charge is -2.38. The second-order valence-electron chi connectivity index (χ2n) is 4.77. The maximum Gasteiger partial charge on any atom is 0.305 e. The van der Waals surface area contributed by atoms with E-state index >= 15 is 0 Å². The van der Waals surface area contributed by atoms with Gasteiger partial charge in [0.1, 0.15) is 6.04 Å². The summed E-state index contributed by atoms with van der Waals surface area (Å²) in [5.74, 6) is -1.19. The Morgan fingerprint density at radius 2 is 2.42 bits per heavy atom. The summed E-state index contributed by atoms with van der Waals surface area (Å²) in [5.41, 5.74) is 0.979. The summed E-state index contributed by atoms with van der Waals surface area (Å²) in [6.45, 7) is 3.14. The van der Waals surface area contributed by atoms with E-state index in [1.165, 1.54) is 0 Å². The van der Waals surface area contributed by atoms with Gasteiger partial charge >= 0.3 is 5.97 Å². The number of carboxylic acid groups (broad SMARTS) is 1. The van der Waals surface area contributed by atoms with Crippen LogP contribution < -0.4 is 5.32 Å². The fraction of sp³-hybridized carbons (Fsp3) is 0.583. The van der Waals surface area contributed by atoms with Gasteiger partial charge in [0, 0.05) is 37.9 Å². The van der Waals surface area contributed by atoms with Crippen molar-refractivity contribution in [3.05, 3.63) is 18.0 Å². The fourth-order valence-electron chi connectivity index (χ4n) is 2.42. The minimum atomic E-state index is -0.967. The fourth-order valence-corrected chi connectivity index (χ4v) is 2.42. The molecule has 0 radical (unpaired) electrons. The first-order valence-electron chi connectivity index (χ1n) is 6.23. The average molecular weight is 266 g/mol. The smallest absolute Gasteiger partial charge is 0.305 e. The average Bonchev–Trinajstić information content (AvgIpc) is 2.77. The maximum atomic E-state index is 11.8. The molecule has 7 nitrogen and oxygen atoms in total. The number of hydrogen-bond acceptors (Lipinski definition) is 4. The Morgan fingerprint density at radius 1 is 1.68 bits per heavy atom. The van der Waals surface area contributed by atoms with Crippen molar-refractivity contribution in [3.63, 3.8) is 0 Å². The Hall–Kier alpha value is -1.89. The number of hydrogen-bond donors (Lipinski definition) is 2. The molecule has 1 saturated heterocycles. The van der Waals surface area contributed by atoms with Crippen molar-refractivity contribution in [2.75, 3.05) is 13.1 Å². The lowest BCUT2D eigenvalue weighted by molar-refractivity contribution is -0.143. The molecule has 104 valence electrons. The van der Waals surface area contributed by atoms with Gasteiger partial charge in [-0.2, -0.15) is 5.10 Å². The number of rotatable bonds is 4. The van der Waals surface area contributed by atoms with Crippen LogP contribution in [0.4, 0.5) is 0 Å². The van der Waals surface area contributed by atoms with Gasteiger partial charge in [-0.25, -0.2) is 0 Å². The van der Waals surface area contributed by atoms with Crippen molar-refractivity contribution in [3.8, 4) is 0 Å². The number of aliphatic carboxylic acids is 1. The van der Waals surface area contributed by atoms with E-state index in [0.717, 1.165) is 5.56 Å². The van der Waals surface area contributed by atoms with Crippen LogP contribution in [0, 0.1) is 0 Å². The molecule has 1 aromatic rings. The third-order valence-corrected chi connectivity index (χ3v) is 3.44. The number of carbonyl (C=O) groups is 2. The third kappa shape index (κ3) is 2.93. The minimum absolute atomic E-state index is 0.0379. The van der Waals surface area contributed by atoms with Crippen molar-refractivity contribution < 1.29 is 14.7 Å². The van der Waals surface area contributed by atoms with E-state index in [1.54, 1.807) is 10.9 Å². The van der Waals surface area contributed by atoms with Crippen LogP contribution in [0.1, 0.15) is 24.9 Å². The zero-order chi connectivity index (χ0) is 14.0. The van der Waals surface area contributed by atoms with Gasteiger partial charge in [-0.3, -0.25) is 19.2 Å². The van der Waals surface area contributed by atoms with E-state index in [4.69, 9.17) is 5.11 Å². The highest BCUT2D eigenvalue weighted by Crippen LogP contribution is 2.24. The van der Waals surface area contributed by atoms with Crippen molar-refractivity contribution in [2.45, 2.75) is 25.4 Å². The van der Waals surface area contributed by atoms with E-state index < -0.39 is 12.0 Å². The van der Waals surface area contributed by atoms with Gasteiger partial charge in [-0.1, -0.05) is 0 Å². The molecule has 2 heterocycles. The van der Waals surface area contributed by atoms with Gasteiger partial charge < -0.3 is 10.4 Å². The topological polar surface area (TPSA) is 87.5 Å². The monoisotopic (exact) mass is 266 g/mol. The molecule has 2 N–H and O–H groups in total. The number of aromatic nitrogens is 2. The molecule has 2 atom stereocenters. The third-order valence-electron chi connectivity index (χ3n) is 3.44. The lowest BCUT2D eigenvalue weighted by Crippen LogP contribution is -2.56. The van der Waals surface area contributed by atoms with Crippen LogP contribution in [-0.4, -0.2) is 50.8 Å². The number of carbonyl (C=O) groups excluding carboxylic acids is 1. The van der Waals surface area contributed by atoms with Crippen LogP contribution in [0.3, 0.4) is 0 Å². The summed E-state index contributed by atoms with van der Waals surface area (Å²) < 4.78 is 1.70. The molecule has 0 spiro atoms. The van der Waals surface area contributed by atoms with Crippen LogP contribution >= 0.6 is 0 Å². The summed E-state index contributed by atoms with van der Waals surface area (Å²) in [4.78, 5) is 24.7. The predicted octanol–water partition coefficient (Wildman–Crippen LogP) is -0.244. The standard InChI is InChI=1S/C12H18N4O3/c1-8(9-6-14-15(2)7-9)16-4-3-13-12(19)10(16)5-11(17)18/h6-8,10H,3-5H2,1-2H3,(H,13,19)(H,17,18). The normalized spacial score (nSPS) is 22.0. The van der Waals surface area contributed by atoms with Crippen molar-refractivity contribution >= 4 is 11.9 Å². The Labute approximate surface area is 111 Å². The highest BCUT2D eigenvalue weighted by Gasteiger charge is 2.35. The summed E-state index contributed by atoms with van der Waals surface area (Å²) in [6.07, 6.45) is 3.44. The molecule has 0 saturated carbocycles. The largest absolute Gasteiger partial charge is 0.481 e. The quantitative estimate of drug-likeness (QED) is 0.785. The maximum absolute atomic E-state index is 11.8. The van der Waals surface area contributed by atoms with Crippen molar-refractivity contribution in [1.29, 1.82) is 0 Å². The number of carboxylic acids is 1. The van der Waals surface area contributed by atoms with Crippen LogP contribution in [0.2, 0.25) is 0 Å². The molecule has 2 rings (SSSR count). The zero-order valence-electron chi connectivity index (χ0n) is 11.0. The van der Waals surface area contributed by atoms with E-state index in [2.05, 4.69) is 10.4 Å². The molecule has 2 unspecified atom stereocenters. The zero-order valence-corrected chi connectivity index (χ0v) is 11.0. The minimum Gasteiger partial charge on any atom is -0.481 e. The van der Waals surface area contributed by atoms with Crippen LogP contribution in [0.25, 0.3) is 0 Å². The second-order valence-corrected chi connectivity index (χ2v) is 4.77. The highest BCUT2D eigenvalue weighted by molar-refractivity contribution is 5.86. The first kappa shape index (κ1) is 13.5. The van der Waals surface area contributed by atoms with Gasteiger partial charge in [-0.05, 0) is 6.92 Å². The number of aryl methyl sites for hydroxylation is 1. The Kier molecular flexibility index (Phi) is 3.84. The van der Waals surface area contributed by atoms with E-state index in [9.17, 15) is 9.59 Å². The molecule has 1 fully saturated rings. The Bertz CT molecular complexity index is 485. The molecule has 0 bridgehead atoms. The molecule has 7 heteroatoms. The molecule has 0 aromatic carbocycles. The van der Waals surface area contributed by atoms with E-state index in [-0.39, 0.29) is 18.4 Å². The van der Waals surface area contributed by atoms with Crippen LogP contribution in [0.5, 0.6) is 0 Å². The molecule has 1 aliphatic heterocycles. The van der Waals surface area contributed by atoms with Gasteiger partial charge in [0.15, 0.2) is 0 Å². The van der Waals surface area contributed by atoms with Crippen molar-refractivity contribution in [2.24, 2.45) is 7.05 Å². The van der Waals surface area contributed by atoms with E-state index in [0.29, 0.717) is 13.1 Å². The SMILES string of the molecule is CC(c1cnn(C)c1)N1CCNC(=O)C1CC(=O)O. The van der Waals surface area contributed by atoms with Crippen LogP contribution in [-0.2, 0) is 16.6 Å². The highest BCUT2D eigenvalue weighted by atomic mass is 16.4. The number of nitrogens with one attached hydrogen (secondary N) is 1. The van der Waals surface area contributed by atoms with Gasteiger partial charge in [0.2, 0.25) is 5.91 Å². The van der Waals surface area contributed by atoms with E-state index in [1.807, 2.05) is 25.1 Å². The predicted molar refractivity (Wildman–Crippen MR) is 67.4 cm³/mol. The van der Waals surface area contributed by atoms with Gasteiger partial charge in [0.25, 0.3) is 0 Å². The lowest BCUT2D eigenvalue weighted by atomic mass is 10.0. The van der Waals surface area contributed by atoms with Crippen molar-refractivity contribution in [1.82, 2.24) is 20.0 Å². The first-order chi connectivity index (χ1) is 8.99.